The first-order valence-corrected chi connectivity index (χ1v) is 9.88. The smallest absolute Gasteiger partial charge is 0.322 e. The highest BCUT2D eigenvalue weighted by Crippen LogP contribution is 2.42. The zero-order chi connectivity index (χ0) is 20.8. The van der Waals surface area contributed by atoms with Gasteiger partial charge in [-0.15, -0.1) is 0 Å². The van der Waals surface area contributed by atoms with E-state index in [4.69, 9.17) is 5.26 Å². The highest BCUT2D eigenvalue weighted by Gasteiger charge is 2.42. The summed E-state index contributed by atoms with van der Waals surface area (Å²) < 4.78 is 13.6. The van der Waals surface area contributed by atoms with E-state index < -0.39 is 0 Å². The van der Waals surface area contributed by atoms with Crippen molar-refractivity contribution in [3.8, 4) is 6.07 Å². The van der Waals surface area contributed by atoms with Crippen LogP contribution in [0.15, 0.2) is 48.5 Å². The summed E-state index contributed by atoms with van der Waals surface area (Å²) in [5.41, 5.74) is 3.95. The van der Waals surface area contributed by atoms with Crippen molar-refractivity contribution >= 4 is 23.2 Å². The van der Waals surface area contributed by atoms with Crippen molar-refractivity contribution in [3.63, 3.8) is 0 Å². The lowest BCUT2D eigenvalue weighted by molar-refractivity contribution is -0.132. The molecule has 150 valence electrons. The number of amides is 3. The number of fused-ring (bicyclic) bond motifs is 3. The van der Waals surface area contributed by atoms with Gasteiger partial charge < -0.3 is 15.1 Å². The van der Waals surface area contributed by atoms with Crippen molar-refractivity contribution in [1.82, 2.24) is 9.80 Å². The fourth-order valence-corrected chi connectivity index (χ4v) is 4.62. The molecule has 2 aromatic rings. The van der Waals surface area contributed by atoms with E-state index in [-0.39, 0.29) is 36.9 Å². The number of nitrogens with one attached hydrogen (secondary N) is 1. The third-order valence-electron chi connectivity index (χ3n) is 6.06. The number of hydrogen-bond acceptors (Lipinski definition) is 3. The molecule has 0 spiro atoms. The van der Waals surface area contributed by atoms with Crippen LogP contribution < -0.4 is 5.32 Å². The summed E-state index contributed by atoms with van der Waals surface area (Å²) in [7, 11) is 0. The number of likely N-dealkylation sites (tertiary alicyclic amines) is 1. The van der Waals surface area contributed by atoms with Crippen LogP contribution in [-0.4, -0.2) is 40.9 Å². The second kappa shape index (κ2) is 6.99. The number of urea groups is 1. The highest BCUT2D eigenvalue weighted by atomic mass is 19.1. The predicted octanol–water partition coefficient (Wildman–Crippen LogP) is 3.36. The summed E-state index contributed by atoms with van der Waals surface area (Å²) >= 11 is 0. The van der Waals surface area contributed by atoms with Gasteiger partial charge >= 0.3 is 6.03 Å². The summed E-state index contributed by atoms with van der Waals surface area (Å²) in [6.07, 6.45) is 3.09. The Labute approximate surface area is 173 Å². The molecule has 2 heterocycles. The average molecular weight is 402 g/mol. The number of carbonyl (C=O) groups is 2. The second-order valence-corrected chi connectivity index (χ2v) is 7.96. The van der Waals surface area contributed by atoms with Gasteiger partial charge in [-0.05, 0) is 59.4 Å². The summed E-state index contributed by atoms with van der Waals surface area (Å²) in [5.74, 6) is -0.184. The van der Waals surface area contributed by atoms with E-state index in [0.717, 1.165) is 17.6 Å². The molecule has 6 nitrogen and oxygen atoms in total. The lowest BCUT2D eigenvalue weighted by Gasteiger charge is -2.33. The lowest BCUT2D eigenvalue weighted by Crippen LogP contribution is -2.48. The van der Waals surface area contributed by atoms with Crippen LogP contribution in [0.25, 0.3) is 5.57 Å². The van der Waals surface area contributed by atoms with E-state index in [2.05, 4.69) is 17.5 Å². The van der Waals surface area contributed by atoms with Gasteiger partial charge in [0.25, 0.3) is 0 Å². The Kier molecular flexibility index (Phi) is 4.28. The van der Waals surface area contributed by atoms with E-state index in [1.807, 2.05) is 17.0 Å². The number of hydrogen-bond donors (Lipinski definition) is 1. The molecule has 3 aliphatic rings. The minimum atomic E-state index is -0.370. The van der Waals surface area contributed by atoms with Crippen LogP contribution in [0.5, 0.6) is 0 Å². The van der Waals surface area contributed by atoms with Crippen molar-refractivity contribution in [1.29, 1.82) is 5.26 Å². The molecular formula is C23H19FN4O2. The minimum absolute atomic E-state index is 0.0204. The van der Waals surface area contributed by atoms with Crippen LogP contribution in [0.1, 0.15) is 23.1 Å². The van der Waals surface area contributed by atoms with Crippen LogP contribution in [0.4, 0.5) is 14.9 Å². The van der Waals surface area contributed by atoms with Gasteiger partial charge in [0.05, 0.1) is 24.2 Å². The zero-order valence-corrected chi connectivity index (χ0v) is 16.1. The Bertz CT molecular complexity index is 1120. The maximum absolute atomic E-state index is 13.6. The molecule has 2 aromatic carbocycles. The second-order valence-electron chi connectivity index (χ2n) is 7.96. The number of halogens is 1. The van der Waals surface area contributed by atoms with E-state index in [1.54, 1.807) is 12.1 Å². The van der Waals surface area contributed by atoms with Gasteiger partial charge in [0.15, 0.2) is 0 Å². The van der Waals surface area contributed by atoms with Crippen LogP contribution >= 0.6 is 0 Å². The normalized spacial score (nSPS) is 21.7. The highest BCUT2D eigenvalue weighted by molar-refractivity contribution is 5.95. The first kappa shape index (κ1) is 18.4. The maximum Gasteiger partial charge on any atom is 0.322 e. The molecule has 30 heavy (non-hydrogen) atoms. The van der Waals surface area contributed by atoms with Gasteiger partial charge in [-0.25, -0.2) is 9.18 Å². The van der Waals surface area contributed by atoms with E-state index in [0.29, 0.717) is 29.3 Å². The molecular weight excluding hydrogens is 383 g/mol. The van der Waals surface area contributed by atoms with Gasteiger partial charge in [-0.3, -0.25) is 4.79 Å². The van der Waals surface area contributed by atoms with Crippen molar-refractivity contribution < 1.29 is 14.0 Å². The molecule has 0 aromatic heterocycles. The Morgan fingerprint density at radius 1 is 1.23 bits per heavy atom. The molecule has 1 aliphatic carbocycles. The predicted molar refractivity (Wildman–Crippen MR) is 109 cm³/mol. The topological polar surface area (TPSA) is 76.4 Å². The lowest BCUT2D eigenvalue weighted by atomic mass is 9.99. The van der Waals surface area contributed by atoms with Gasteiger partial charge in [0.2, 0.25) is 5.91 Å². The van der Waals surface area contributed by atoms with Crippen LogP contribution in [0, 0.1) is 23.1 Å². The van der Waals surface area contributed by atoms with Crippen LogP contribution in [0.2, 0.25) is 0 Å². The van der Waals surface area contributed by atoms with Gasteiger partial charge in [0.1, 0.15) is 12.4 Å². The monoisotopic (exact) mass is 402 g/mol. The molecule has 0 radical (unpaired) electrons. The molecule has 5 rings (SSSR count). The fraction of sp³-hybridized carbons (Fsp3) is 0.261. The summed E-state index contributed by atoms with van der Waals surface area (Å²) in [4.78, 5) is 28.7. The molecule has 0 saturated carbocycles. The van der Waals surface area contributed by atoms with E-state index in [9.17, 15) is 14.0 Å². The van der Waals surface area contributed by atoms with Crippen LogP contribution in [0.3, 0.4) is 0 Å². The number of nitrogens with zero attached hydrogens (tertiary/aromatic N) is 3. The quantitative estimate of drug-likeness (QED) is 0.855. The molecule has 1 fully saturated rings. The number of carbonyl (C=O) groups excluding carboxylic acids is 2. The Morgan fingerprint density at radius 2 is 2.03 bits per heavy atom. The third kappa shape index (κ3) is 3.11. The number of benzene rings is 2. The number of nitriles is 1. The summed E-state index contributed by atoms with van der Waals surface area (Å²) in [6.45, 7) is 0.792. The Morgan fingerprint density at radius 3 is 2.77 bits per heavy atom. The number of rotatable bonds is 3. The summed E-state index contributed by atoms with van der Waals surface area (Å²) in [6, 6.07) is 13.4. The fourth-order valence-electron chi connectivity index (χ4n) is 4.62. The van der Waals surface area contributed by atoms with Crippen molar-refractivity contribution in [2.75, 3.05) is 18.4 Å². The van der Waals surface area contributed by atoms with Crippen molar-refractivity contribution in [3.05, 3.63) is 71.0 Å². The summed E-state index contributed by atoms with van der Waals surface area (Å²) in [5, 5.41) is 11.7. The van der Waals surface area contributed by atoms with Crippen molar-refractivity contribution in [2.45, 2.75) is 19.0 Å². The standard InChI is InChI=1S/C23H19FN4O2/c24-18-5-6-20-17(9-18)12-27(23(30)26-20)13-22(29)28-11-15-7-19(21(28)8-15)16-3-1-14(10-25)2-4-16/h1-7,9,15,21H,8,11-13H2,(H,26,30)/t15-,21-/m1/s1. The zero-order valence-electron chi connectivity index (χ0n) is 16.1. The molecule has 1 N–H and O–H groups in total. The van der Waals surface area contributed by atoms with E-state index in [1.165, 1.54) is 23.1 Å². The largest absolute Gasteiger partial charge is 0.333 e. The van der Waals surface area contributed by atoms with Crippen LogP contribution in [-0.2, 0) is 11.3 Å². The van der Waals surface area contributed by atoms with Gasteiger partial charge in [-0.2, -0.15) is 5.26 Å². The molecule has 3 amide bonds. The Hall–Kier alpha value is -3.66. The minimum Gasteiger partial charge on any atom is -0.333 e. The molecule has 0 unspecified atom stereocenters. The molecule has 1 saturated heterocycles. The Balaban J connectivity index is 1.31. The number of anilines is 1. The van der Waals surface area contributed by atoms with Gasteiger partial charge in [0, 0.05) is 12.2 Å². The molecule has 7 heteroatoms. The van der Waals surface area contributed by atoms with E-state index >= 15 is 0 Å². The molecule has 2 aliphatic heterocycles. The average Bonchev–Trinajstić information content (AvgIpc) is 3.36. The SMILES string of the molecule is N#Cc1ccc(C2=C[C@@H]3C[C@H]2N(C(=O)CN2Cc4cc(F)ccc4NC2=O)C3)cc1. The first-order chi connectivity index (χ1) is 14.5. The molecule has 2 atom stereocenters. The maximum atomic E-state index is 13.6. The van der Waals surface area contributed by atoms with Crippen molar-refractivity contribution in [2.24, 2.45) is 5.92 Å². The molecule has 2 bridgehead atoms. The first-order valence-electron chi connectivity index (χ1n) is 9.88. The van der Waals surface area contributed by atoms with Gasteiger partial charge in [-0.1, -0.05) is 18.2 Å². The third-order valence-corrected chi connectivity index (χ3v) is 6.06.